The van der Waals surface area contributed by atoms with E-state index >= 15 is 0 Å². The molecule has 5 nitrogen and oxygen atoms in total. The number of nitrogen functional groups attached to an aromatic ring is 1. The zero-order chi connectivity index (χ0) is 13.0. The molecule has 1 saturated heterocycles. The van der Waals surface area contributed by atoms with Crippen molar-refractivity contribution in [3.05, 3.63) is 24.3 Å². The second-order valence-corrected chi connectivity index (χ2v) is 4.66. The number of hydrogen-bond donors (Lipinski definition) is 2. The molecule has 1 fully saturated rings. The molecule has 1 heterocycles. The molecular formula is C13H19N3O2. The van der Waals surface area contributed by atoms with Crippen molar-refractivity contribution in [1.82, 2.24) is 4.90 Å². The zero-order valence-corrected chi connectivity index (χ0v) is 10.6. The SMILES string of the molecule is CN1CCC(OC(=O)Nc2cccc(N)c2)CC1. The number of nitrogens with two attached hydrogens (primary N) is 1. The summed E-state index contributed by atoms with van der Waals surface area (Å²) in [4.78, 5) is 13.9. The van der Waals surface area contributed by atoms with Gasteiger partial charge in [0, 0.05) is 24.5 Å². The van der Waals surface area contributed by atoms with Gasteiger partial charge in [-0.1, -0.05) is 6.07 Å². The van der Waals surface area contributed by atoms with E-state index < -0.39 is 6.09 Å². The Morgan fingerprint density at radius 2 is 2.17 bits per heavy atom. The fourth-order valence-electron chi connectivity index (χ4n) is 2.02. The van der Waals surface area contributed by atoms with Crippen molar-refractivity contribution in [2.45, 2.75) is 18.9 Å². The lowest BCUT2D eigenvalue weighted by atomic mass is 10.1. The summed E-state index contributed by atoms with van der Waals surface area (Å²) in [5.74, 6) is 0. The van der Waals surface area contributed by atoms with E-state index in [1.165, 1.54) is 0 Å². The highest BCUT2D eigenvalue weighted by molar-refractivity contribution is 5.85. The topological polar surface area (TPSA) is 67.6 Å². The number of ether oxygens (including phenoxy) is 1. The van der Waals surface area contributed by atoms with Crippen LogP contribution in [0.25, 0.3) is 0 Å². The van der Waals surface area contributed by atoms with Crippen molar-refractivity contribution in [3.63, 3.8) is 0 Å². The van der Waals surface area contributed by atoms with Gasteiger partial charge < -0.3 is 15.4 Å². The van der Waals surface area contributed by atoms with E-state index in [1.807, 2.05) is 0 Å². The molecule has 98 valence electrons. The van der Waals surface area contributed by atoms with Gasteiger partial charge in [-0.25, -0.2) is 4.79 Å². The maximum absolute atomic E-state index is 11.7. The van der Waals surface area contributed by atoms with Crippen LogP contribution in [0.2, 0.25) is 0 Å². The van der Waals surface area contributed by atoms with Gasteiger partial charge in [0.1, 0.15) is 6.10 Å². The Hall–Kier alpha value is -1.75. The molecule has 0 radical (unpaired) electrons. The minimum absolute atomic E-state index is 0.0160. The van der Waals surface area contributed by atoms with Crippen LogP contribution in [0.3, 0.4) is 0 Å². The van der Waals surface area contributed by atoms with Crippen LogP contribution in [0.1, 0.15) is 12.8 Å². The first-order chi connectivity index (χ1) is 8.63. The maximum Gasteiger partial charge on any atom is 0.411 e. The summed E-state index contributed by atoms with van der Waals surface area (Å²) in [5, 5.41) is 2.69. The van der Waals surface area contributed by atoms with Crippen LogP contribution in [-0.4, -0.2) is 37.2 Å². The van der Waals surface area contributed by atoms with Crippen LogP contribution in [0.4, 0.5) is 16.2 Å². The Morgan fingerprint density at radius 3 is 2.83 bits per heavy atom. The molecule has 5 heteroatoms. The highest BCUT2D eigenvalue weighted by atomic mass is 16.6. The molecule has 0 aromatic heterocycles. The van der Waals surface area contributed by atoms with Gasteiger partial charge in [0.2, 0.25) is 0 Å². The summed E-state index contributed by atoms with van der Waals surface area (Å²) in [6, 6.07) is 7.05. The van der Waals surface area contributed by atoms with E-state index in [2.05, 4.69) is 17.3 Å². The third kappa shape index (κ3) is 3.63. The molecule has 0 spiro atoms. The molecule has 18 heavy (non-hydrogen) atoms. The molecule has 3 N–H and O–H groups in total. The standard InChI is InChI=1S/C13H19N3O2/c1-16-7-5-12(6-8-16)18-13(17)15-11-4-2-3-10(14)9-11/h2-4,9,12H,5-8,14H2,1H3,(H,15,17). The van der Waals surface area contributed by atoms with Gasteiger partial charge in [0.25, 0.3) is 0 Å². The smallest absolute Gasteiger partial charge is 0.411 e. The highest BCUT2D eigenvalue weighted by Gasteiger charge is 2.20. The number of carbonyl (C=O) groups excluding carboxylic acids is 1. The van der Waals surface area contributed by atoms with Crippen LogP contribution in [0.15, 0.2) is 24.3 Å². The molecule has 0 bridgehead atoms. The monoisotopic (exact) mass is 249 g/mol. The third-order valence-electron chi connectivity index (χ3n) is 3.07. The van der Waals surface area contributed by atoms with E-state index in [0.717, 1.165) is 25.9 Å². The summed E-state index contributed by atoms with van der Waals surface area (Å²) in [7, 11) is 2.07. The second kappa shape index (κ2) is 5.73. The number of carbonyl (C=O) groups is 1. The van der Waals surface area contributed by atoms with Gasteiger partial charge >= 0.3 is 6.09 Å². The quantitative estimate of drug-likeness (QED) is 0.786. The van der Waals surface area contributed by atoms with Crippen LogP contribution < -0.4 is 11.1 Å². The van der Waals surface area contributed by atoms with E-state index in [0.29, 0.717) is 11.4 Å². The van der Waals surface area contributed by atoms with Gasteiger partial charge in [-0.15, -0.1) is 0 Å². The molecule has 2 rings (SSSR count). The lowest BCUT2D eigenvalue weighted by Gasteiger charge is -2.28. The van der Waals surface area contributed by atoms with E-state index in [4.69, 9.17) is 10.5 Å². The van der Waals surface area contributed by atoms with Crippen LogP contribution in [0, 0.1) is 0 Å². The molecule has 1 aromatic rings. The van der Waals surface area contributed by atoms with Crippen molar-refractivity contribution in [1.29, 1.82) is 0 Å². The van der Waals surface area contributed by atoms with Gasteiger partial charge in [0.05, 0.1) is 0 Å². The Bertz CT molecular complexity index is 414. The number of rotatable bonds is 2. The molecule has 0 aliphatic carbocycles. The molecule has 1 aliphatic rings. The minimum atomic E-state index is -0.407. The van der Waals surface area contributed by atoms with Crippen LogP contribution in [-0.2, 0) is 4.74 Å². The second-order valence-electron chi connectivity index (χ2n) is 4.66. The van der Waals surface area contributed by atoms with Crippen LogP contribution in [0.5, 0.6) is 0 Å². The maximum atomic E-state index is 11.7. The number of anilines is 2. The lowest BCUT2D eigenvalue weighted by molar-refractivity contribution is 0.0662. The Morgan fingerprint density at radius 1 is 1.44 bits per heavy atom. The molecular weight excluding hydrogens is 230 g/mol. The number of hydrogen-bond acceptors (Lipinski definition) is 4. The normalized spacial score (nSPS) is 17.4. The van der Waals surface area contributed by atoms with E-state index in [9.17, 15) is 4.79 Å². The summed E-state index contributed by atoms with van der Waals surface area (Å²) in [5.41, 5.74) is 6.91. The fraction of sp³-hybridized carbons (Fsp3) is 0.462. The zero-order valence-electron chi connectivity index (χ0n) is 10.6. The summed E-state index contributed by atoms with van der Waals surface area (Å²) >= 11 is 0. The molecule has 1 aliphatic heterocycles. The van der Waals surface area contributed by atoms with Gasteiger partial charge in [-0.2, -0.15) is 0 Å². The number of nitrogens with one attached hydrogen (secondary N) is 1. The van der Waals surface area contributed by atoms with Crippen molar-refractivity contribution in [2.24, 2.45) is 0 Å². The Kier molecular flexibility index (Phi) is 4.04. The summed E-state index contributed by atoms with van der Waals surface area (Å²) < 4.78 is 5.37. The van der Waals surface area contributed by atoms with Crippen LogP contribution >= 0.6 is 0 Å². The number of likely N-dealkylation sites (tertiary alicyclic amines) is 1. The molecule has 0 unspecified atom stereocenters. The molecule has 1 aromatic carbocycles. The average molecular weight is 249 g/mol. The number of amides is 1. The van der Waals surface area contributed by atoms with Crippen molar-refractivity contribution >= 4 is 17.5 Å². The summed E-state index contributed by atoms with van der Waals surface area (Å²) in [6.07, 6.45) is 1.39. The van der Waals surface area contributed by atoms with Gasteiger partial charge in [0.15, 0.2) is 0 Å². The van der Waals surface area contributed by atoms with Gasteiger partial charge in [-0.05, 0) is 38.1 Å². The average Bonchev–Trinajstić information content (AvgIpc) is 2.32. The Labute approximate surface area is 107 Å². The predicted molar refractivity (Wildman–Crippen MR) is 71.5 cm³/mol. The first-order valence-corrected chi connectivity index (χ1v) is 6.15. The van der Waals surface area contributed by atoms with Crippen molar-refractivity contribution in [2.75, 3.05) is 31.2 Å². The first-order valence-electron chi connectivity index (χ1n) is 6.15. The molecule has 0 atom stereocenters. The predicted octanol–water partition coefficient (Wildman–Crippen LogP) is 1.91. The van der Waals surface area contributed by atoms with Crippen molar-refractivity contribution < 1.29 is 9.53 Å². The lowest BCUT2D eigenvalue weighted by Crippen LogP contribution is -2.36. The minimum Gasteiger partial charge on any atom is -0.446 e. The first kappa shape index (κ1) is 12.7. The van der Waals surface area contributed by atoms with Crippen molar-refractivity contribution in [3.8, 4) is 0 Å². The summed E-state index contributed by atoms with van der Waals surface area (Å²) in [6.45, 7) is 1.94. The van der Waals surface area contributed by atoms with Gasteiger partial charge in [-0.3, -0.25) is 5.32 Å². The Balaban J connectivity index is 1.82. The third-order valence-corrected chi connectivity index (χ3v) is 3.07. The number of nitrogens with zero attached hydrogens (tertiary/aromatic N) is 1. The molecule has 0 saturated carbocycles. The van der Waals surface area contributed by atoms with E-state index in [-0.39, 0.29) is 6.10 Å². The highest BCUT2D eigenvalue weighted by Crippen LogP contribution is 2.15. The number of piperidine rings is 1. The number of benzene rings is 1. The largest absolute Gasteiger partial charge is 0.446 e. The van der Waals surface area contributed by atoms with E-state index in [1.54, 1.807) is 24.3 Å². The molecule has 1 amide bonds. The fourth-order valence-corrected chi connectivity index (χ4v) is 2.02.